The van der Waals surface area contributed by atoms with Gasteiger partial charge in [-0.3, -0.25) is 10.1 Å². The zero-order valence-electron chi connectivity index (χ0n) is 11.4. The highest BCUT2D eigenvalue weighted by atomic mass is 16.6. The highest BCUT2D eigenvalue weighted by Gasteiger charge is 2.28. The number of nitrogens with zero attached hydrogens (tertiary/aromatic N) is 2. The van der Waals surface area contributed by atoms with Crippen molar-refractivity contribution in [2.45, 2.75) is 25.7 Å². The molecule has 0 bridgehead atoms. The maximum atomic E-state index is 11.8. The van der Waals surface area contributed by atoms with E-state index >= 15 is 0 Å². The Morgan fingerprint density at radius 1 is 1.19 bits per heavy atom. The van der Waals surface area contributed by atoms with Gasteiger partial charge in [0.25, 0.3) is 0 Å². The van der Waals surface area contributed by atoms with Gasteiger partial charge in [-0.1, -0.05) is 0 Å². The summed E-state index contributed by atoms with van der Waals surface area (Å²) in [6.45, 7) is 2.06. The van der Waals surface area contributed by atoms with Gasteiger partial charge in [-0.15, -0.1) is 0 Å². The van der Waals surface area contributed by atoms with E-state index in [2.05, 4.69) is 4.90 Å². The van der Waals surface area contributed by atoms with Crippen LogP contribution in [0.5, 0.6) is 0 Å². The van der Waals surface area contributed by atoms with E-state index in [1.807, 2.05) is 6.07 Å². The van der Waals surface area contributed by atoms with Crippen LogP contribution in [0.3, 0.4) is 0 Å². The molecule has 0 fully saturated rings. The first-order valence-electron chi connectivity index (χ1n) is 7.17. The fourth-order valence-electron chi connectivity index (χ4n) is 3.56. The van der Waals surface area contributed by atoms with E-state index < -0.39 is 16.2 Å². The molecule has 0 atom stereocenters. The van der Waals surface area contributed by atoms with Crippen molar-refractivity contribution < 1.29 is 9.34 Å². The molecular weight excluding hydrogens is 272 g/mol. The minimum absolute atomic E-state index is 0.488. The van der Waals surface area contributed by atoms with Gasteiger partial charge in [-0.2, -0.15) is 0 Å². The van der Waals surface area contributed by atoms with Crippen molar-refractivity contribution in [3.05, 3.63) is 43.8 Å². The average molecular weight is 286 g/mol. The van der Waals surface area contributed by atoms with E-state index in [-0.39, 0.29) is 0 Å². The average Bonchev–Trinajstić information content (AvgIpc) is 2.48. The van der Waals surface area contributed by atoms with Crippen LogP contribution in [-0.2, 0) is 12.8 Å². The number of hydrogen-bond acceptors (Lipinski definition) is 5. The van der Waals surface area contributed by atoms with Crippen molar-refractivity contribution in [1.29, 1.82) is 0 Å². The van der Waals surface area contributed by atoms with Gasteiger partial charge >= 0.3 is 11.3 Å². The summed E-state index contributed by atoms with van der Waals surface area (Å²) in [6, 6.07) is 3.30. The highest BCUT2D eigenvalue weighted by Crippen LogP contribution is 2.39. The first-order chi connectivity index (χ1) is 10.1. The molecule has 6 heteroatoms. The lowest BCUT2D eigenvalue weighted by molar-refractivity contribution is -0.387. The lowest BCUT2D eigenvalue weighted by atomic mass is 9.90. The van der Waals surface area contributed by atoms with Crippen molar-refractivity contribution >= 4 is 22.3 Å². The van der Waals surface area contributed by atoms with Crippen LogP contribution in [0, 0.1) is 10.1 Å². The second kappa shape index (κ2) is 4.31. The molecule has 0 aliphatic carbocycles. The largest absolute Gasteiger partial charge is 0.417 e. The molecule has 4 rings (SSSR count). The topological polar surface area (TPSA) is 76.6 Å². The predicted molar refractivity (Wildman–Crippen MR) is 78.0 cm³/mol. The number of rotatable bonds is 1. The fraction of sp³-hybridized carbons (Fsp3) is 0.400. The van der Waals surface area contributed by atoms with E-state index in [1.165, 1.54) is 17.3 Å². The fourth-order valence-corrected chi connectivity index (χ4v) is 3.56. The Morgan fingerprint density at radius 3 is 2.71 bits per heavy atom. The van der Waals surface area contributed by atoms with E-state index in [0.717, 1.165) is 44.3 Å². The van der Waals surface area contributed by atoms with Crippen LogP contribution in [0.15, 0.2) is 21.3 Å². The Kier molecular flexibility index (Phi) is 2.54. The molecule has 6 nitrogen and oxygen atoms in total. The Labute approximate surface area is 120 Å². The summed E-state index contributed by atoms with van der Waals surface area (Å²) in [5.41, 5.74) is 2.62. The first kappa shape index (κ1) is 12.4. The number of benzene rings is 1. The SMILES string of the molecule is O=c1oc2c3c4c(cc2cc1[N+](=O)[O-])CCCN4CCC3. The van der Waals surface area contributed by atoms with Crippen molar-refractivity contribution in [2.75, 3.05) is 18.0 Å². The standard InChI is InChI=1S/C15H14N2O4/c18-15-12(17(19)20)8-10-7-9-3-1-5-16-6-2-4-11(13(9)16)14(10)21-15/h7-8H,1-6H2. The summed E-state index contributed by atoms with van der Waals surface area (Å²) in [4.78, 5) is 24.4. The van der Waals surface area contributed by atoms with Crippen LogP contribution >= 0.6 is 0 Å². The lowest BCUT2D eigenvalue weighted by Gasteiger charge is -2.36. The predicted octanol–water partition coefficient (Wildman–Crippen LogP) is 2.40. The third-order valence-electron chi connectivity index (χ3n) is 4.39. The summed E-state index contributed by atoms with van der Waals surface area (Å²) >= 11 is 0. The molecule has 1 aromatic heterocycles. The molecule has 2 aliphatic rings. The van der Waals surface area contributed by atoms with E-state index in [9.17, 15) is 14.9 Å². The van der Waals surface area contributed by atoms with E-state index in [4.69, 9.17) is 4.42 Å². The van der Waals surface area contributed by atoms with Crippen LogP contribution in [0.25, 0.3) is 11.0 Å². The Morgan fingerprint density at radius 2 is 1.95 bits per heavy atom. The molecule has 0 saturated carbocycles. The number of anilines is 1. The van der Waals surface area contributed by atoms with Gasteiger partial charge < -0.3 is 9.32 Å². The maximum absolute atomic E-state index is 11.8. The monoisotopic (exact) mass is 286 g/mol. The first-order valence-corrected chi connectivity index (χ1v) is 7.17. The van der Waals surface area contributed by atoms with Crippen molar-refractivity contribution in [3.8, 4) is 0 Å². The molecule has 2 aliphatic heterocycles. The van der Waals surface area contributed by atoms with Gasteiger partial charge in [0.05, 0.1) is 4.92 Å². The summed E-state index contributed by atoms with van der Waals surface area (Å²) < 4.78 is 5.30. The van der Waals surface area contributed by atoms with Gasteiger partial charge in [0.1, 0.15) is 5.58 Å². The van der Waals surface area contributed by atoms with Crippen LogP contribution < -0.4 is 10.5 Å². The molecule has 1 aromatic carbocycles. The molecule has 0 radical (unpaired) electrons. The third-order valence-corrected chi connectivity index (χ3v) is 4.39. The Balaban J connectivity index is 2.08. The molecule has 3 heterocycles. The smallest absolute Gasteiger partial charge is 0.415 e. The molecule has 0 N–H and O–H groups in total. The quantitative estimate of drug-likeness (QED) is 0.457. The molecule has 0 saturated heterocycles. The van der Waals surface area contributed by atoms with Crippen molar-refractivity contribution in [1.82, 2.24) is 0 Å². The van der Waals surface area contributed by atoms with Crippen LogP contribution in [0.1, 0.15) is 24.0 Å². The zero-order chi connectivity index (χ0) is 14.6. The number of aryl methyl sites for hydroxylation is 2. The molecule has 0 spiro atoms. The minimum Gasteiger partial charge on any atom is -0.417 e. The molecular formula is C15H14N2O4. The van der Waals surface area contributed by atoms with Crippen LogP contribution in [-0.4, -0.2) is 18.0 Å². The van der Waals surface area contributed by atoms with Crippen molar-refractivity contribution in [3.63, 3.8) is 0 Å². The normalized spacial score (nSPS) is 16.9. The summed E-state index contributed by atoms with van der Waals surface area (Å²) in [5.74, 6) is 0. The molecule has 0 amide bonds. The van der Waals surface area contributed by atoms with Crippen molar-refractivity contribution in [2.24, 2.45) is 0 Å². The molecule has 108 valence electrons. The van der Waals surface area contributed by atoms with Crippen LogP contribution in [0.2, 0.25) is 0 Å². The second-order valence-corrected chi connectivity index (χ2v) is 5.65. The Bertz CT molecular complexity index is 823. The zero-order valence-corrected chi connectivity index (χ0v) is 11.4. The van der Waals surface area contributed by atoms with E-state index in [0.29, 0.717) is 11.0 Å². The molecule has 21 heavy (non-hydrogen) atoms. The minimum atomic E-state index is -0.864. The van der Waals surface area contributed by atoms with Gasteiger partial charge in [-0.05, 0) is 37.3 Å². The summed E-state index contributed by atoms with van der Waals surface area (Å²) in [5, 5.41) is 11.6. The van der Waals surface area contributed by atoms with Crippen LogP contribution in [0.4, 0.5) is 11.4 Å². The molecule has 0 unspecified atom stereocenters. The molecule has 2 aromatic rings. The van der Waals surface area contributed by atoms with Gasteiger partial charge in [0.2, 0.25) is 0 Å². The van der Waals surface area contributed by atoms with Gasteiger partial charge in [-0.25, -0.2) is 4.79 Å². The maximum Gasteiger partial charge on any atom is 0.415 e. The van der Waals surface area contributed by atoms with Gasteiger partial charge in [0.15, 0.2) is 0 Å². The lowest BCUT2D eigenvalue weighted by Crippen LogP contribution is -2.34. The highest BCUT2D eigenvalue weighted by molar-refractivity contribution is 5.89. The summed E-state index contributed by atoms with van der Waals surface area (Å²) in [7, 11) is 0. The number of fused-ring (bicyclic) bond motifs is 2. The third kappa shape index (κ3) is 1.75. The number of hydrogen-bond donors (Lipinski definition) is 0. The number of nitro groups is 1. The van der Waals surface area contributed by atoms with E-state index in [1.54, 1.807) is 0 Å². The van der Waals surface area contributed by atoms with Gasteiger partial charge in [0, 0.05) is 35.8 Å². The summed E-state index contributed by atoms with van der Waals surface area (Å²) in [6.07, 6.45) is 3.95. The second-order valence-electron chi connectivity index (χ2n) is 5.65. The Hall–Kier alpha value is -2.37.